The topological polar surface area (TPSA) is 123 Å². The van der Waals surface area contributed by atoms with Crippen LogP contribution < -0.4 is 15.9 Å². The van der Waals surface area contributed by atoms with Gasteiger partial charge in [-0.25, -0.2) is 9.78 Å². The molecular weight excluding hydrogens is 344 g/mol. The molecular formula is C16H14N4O4S. The molecule has 9 heteroatoms. The van der Waals surface area contributed by atoms with Crippen molar-refractivity contribution in [1.82, 2.24) is 4.98 Å². The summed E-state index contributed by atoms with van der Waals surface area (Å²) in [5, 5.41) is 15.3. The molecule has 0 aliphatic heterocycles. The Bertz CT molecular complexity index is 903. The molecule has 0 spiro atoms. The Morgan fingerprint density at radius 3 is 2.96 bits per heavy atom. The molecule has 128 valence electrons. The Hall–Kier alpha value is -3.33. The largest absolute Gasteiger partial charge is 0.485 e. The second kappa shape index (κ2) is 7.49. The number of rotatable bonds is 7. The second-order valence-corrected chi connectivity index (χ2v) is 5.70. The Morgan fingerprint density at radius 1 is 1.40 bits per heavy atom. The van der Waals surface area contributed by atoms with Crippen LogP contribution in [-0.4, -0.2) is 22.3 Å². The molecule has 2 aromatic heterocycles. The van der Waals surface area contributed by atoms with Gasteiger partial charge in [-0.3, -0.25) is 5.43 Å². The lowest BCUT2D eigenvalue weighted by molar-refractivity contribution is 0.0658. The van der Waals surface area contributed by atoms with Gasteiger partial charge in [-0.05, 0) is 24.3 Å². The van der Waals surface area contributed by atoms with E-state index in [1.165, 1.54) is 17.4 Å². The van der Waals surface area contributed by atoms with Gasteiger partial charge in [0.05, 0.1) is 6.21 Å². The first kappa shape index (κ1) is 16.5. The van der Waals surface area contributed by atoms with Crippen LogP contribution in [0.25, 0.3) is 0 Å². The lowest BCUT2D eigenvalue weighted by Gasteiger charge is -2.07. The molecule has 8 nitrogen and oxygen atoms in total. The quantitative estimate of drug-likeness (QED) is 0.438. The van der Waals surface area contributed by atoms with Gasteiger partial charge in [0.1, 0.15) is 23.9 Å². The minimum Gasteiger partial charge on any atom is -0.485 e. The minimum atomic E-state index is -1.12. The van der Waals surface area contributed by atoms with Gasteiger partial charge in [0.25, 0.3) is 0 Å². The van der Waals surface area contributed by atoms with Crippen molar-refractivity contribution in [2.24, 2.45) is 5.10 Å². The zero-order valence-corrected chi connectivity index (χ0v) is 13.7. The van der Waals surface area contributed by atoms with Crippen LogP contribution in [-0.2, 0) is 6.61 Å². The normalized spacial score (nSPS) is 10.9. The van der Waals surface area contributed by atoms with E-state index in [0.717, 1.165) is 5.56 Å². The van der Waals surface area contributed by atoms with Crippen LogP contribution in [0.5, 0.6) is 5.75 Å². The highest BCUT2D eigenvalue weighted by Gasteiger charge is 2.10. The first-order chi connectivity index (χ1) is 12.1. The molecule has 0 radical (unpaired) electrons. The number of thiazole rings is 1. The van der Waals surface area contributed by atoms with Crippen LogP contribution in [0.4, 0.5) is 10.9 Å². The van der Waals surface area contributed by atoms with E-state index in [-0.39, 0.29) is 12.4 Å². The van der Waals surface area contributed by atoms with Crippen molar-refractivity contribution < 1.29 is 19.1 Å². The molecule has 0 aliphatic rings. The van der Waals surface area contributed by atoms with Crippen LogP contribution >= 0.6 is 11.3 Å². The van der Waals surface area contributed by atoms with E-state index in [9.17, 15) is 4.79 Å². The highest BCUT2D eigenvalue weighted by Crippen LogP contribution is 2.19. The summed E-state index contributed by atoms with van der Waals surface area (Å²) in [5.74, 6) is 0.194. The SMILES string of the molecule is Nc1csc(NN=Cc2ccccc2OCc2ccc(C(=O)O)o2)n1. The molecule has 0 amide bonds. The number of carboxylic acids is 1. The number of hydrazone groups is 1. The molecule has 3 rings (SSSR count). The molecule has 0 atom stereocenters. The summed E-state index contributed by atoms with van der Waals surface area (Å²) in [4.78, 5) is 14.8. The maximum Gasteiger partial charge on any atom is 0.371 e. The van der Waals surface area contributed by atoms with E-state index in [2.05, 4.69) is 15.5 Å². The van der Waals surface area contributed by atoms with E-state index in [0.29, 0.717) is 22.5 Å². The number of carbonyl (C=O) groups is 1. The van der Waals surface area contributed by atoms with E-state index in [1.54, 1.807) is 23.7 Å². The maximum absolute atomic E-state index is 10.8. The third kappa shape index (κ3) is 4.36. The lowest BCUT2D eigenvalue weighted by Crippen LogP contribution is -1.98. The van der Waals surface area contributed by atoms with Gasteiger partial charge < -0.3 is 20.0 Å². The molecule has 25 heavy (non-hydrogen) atoms. The van der Waals surface area contributed by atoms with Crippen LogP contribution in [0.15, 0.2) is 51.3 Å². The van der Waals surface area contributed by atoms with Crippen molar-refractivity contribution in [3.63, 3.8) is 0 Å². The molecule has 0 saturated heterocycles. The molecule has 4 N–H and O–H groups in total. The number of nitrogens with two attached hydrogens (primary N) is 1. The zero-order valence-electron chi connectivity index (χ0n) is 12.9. The zero-order chi connectivity index (χ0) is 17.6. The summed E-state index contributed by atoms with van der Waals surface area (Å²) in [7, 11) is 0. The number of hydrogen-bond donors (Lipinski definition) is 3. The second-order valence-electron chi connectivity index (χ2n) is 4.85. The molecule has 3 aromatic rings. The smallest absolute Gasteiger partial charge is 0.371 e. The summed E-state index contributed by atoms with van der Waals surface area (Å²) >= 11 is 1.35. The van der Waals surface area contributed by atoms with E-state index < -0.39 is 5.97 Å². The van der Waals surface area contributed by atoms with Crippen molar-refractivity contribution in [3.8, 4) is 5.75 Å². The van der Waals surface area contributed by atoms with Gasteiger partial charge in [-0.2, -0.15) is 5.10 Å². The number of aromatic carboxylic acids is 1. The van der Waals surface area contributed by atoms with Crippen LogP contribution in [0.3, 0.4) is 0 Å². The standard InChI is InChI=1S/C16H14N4O4S/c17-14-9-25-16(19-14)20-18-7-10-3-1-2-4-12(10)23-8-11-5-6-13(24-11)15(21)22/h1-7,9H,8,17H2,(H,19,20)(H,21,22). The van der Waals surface area contributed by atoms with Crippen molar-refractivity contribution in [1.29, 1.82) is 0 Å². The Labute approximate surface area is 146 Å². The summed E-state index contributed by atoms with van der Waals surface area (Å²) in [6.45, 7) is 0.106. The number of furan rings is 1. The molecule has 0 saturated carbocycles. The van der Waals surface area contributed by atoms with Gasteiger partial charge in [0, 0.05) is 10.9 Å². The maximum atomic E-state index is 10.8. The van der Waals surface area contributed by atoms with Crippen molar-refractivity contribution in [2.75, 3.05) is 11.2 Å². The highest BCUT2D eigenvalue weighted by molar-refractivity contribution is 7.14. The van der Waals surface area contributed by atoms with E-state index in [1.807, 2.05) is 18.2 Å². The first-order valence-corrected chi connectivity index (χ1v) is 8.03. The summed E-state index contributed by atoms with van der Waals surface area (Å²) in [5.41, 5.74) is 9.07. The summed E-state index contributed by atoms with van der Waals surface area (Å²) in [6, 6.07) is 10.2. The fourth-order valence-corrected chi connectivity index (χ4v) is 2.48. The number of carboxylic acid groups (broad SMARTS) is 1. The van der Waals surface area contributed by atoms with Gasteiger partial charge >= 0.3 is 5.97 Å². The molecule has 0 unspecified atom stereocenters. The monoisotopic (exact) mass is 358 g/mol. The van der Waals surface area contributed by atoms with Crippen LogP contribution in [0, 0.1) is 0 Å². The van der Waals surface area contributed by atoms with Crippen molar-refractivity contribution >= 4 is 34.5 Å². The average Bonchev–Trinajstić information content (AvgIpc) is 3.23. The first-order valence-electron chi connectivity index (χ1n) is 7.16. The predicted octanol–water partition coefficient (Wildman–Crippen LogP) is 3.04. The van der Waals surface area contributed by atoms with Crippen molar-refractivity contribution in [3.05, 3.63) is 58.9 Å². The Morgan fingerprint density at radius 2 is 2.24 bits per heavy atom. The fourth-order valence-electron chi connectivity index (χ4n) is 1.93. The molecule has 0 fully saturated rings. The Kier molecular flexibility index (Phi) is 4.95. The van der Waals surface area contributed by atoms with Crippen molar-refractivity contribution in [2.45, 2.75) is 6.61 Å². The Balaban J connectivity index is 1.64. The number of aromatic nitrogens is 1. The number of nitrogens with one attached hydrogen (secondary N) is 1. The van der Waals surface area contributed by atoms with Crippen LogP contribution in [0.2, 0.25) is 0 Å². The van der Waals surface area contributed by atoms with Gasteiger partial charge in [0.2, 0.25) is 10.9 Å². The molecule has 0 aliphatic carbocycles. The average molecular weight is 358 g/mol. The number of benzene rings is 1. The number of para-hydroxylation sites is 1. The molecule has 1 aromatic carbocycles. The van der Waals surface area contributed by atoms with Gasteiger partial charge in [-0.1, -0.05) is 12.1 Å². The number of nitrogen functional groups attached to an aromatic ring is 1. The van der Waals surface area contributed by atoms with Gasteiger partial charge in [0.15, 0.2) is 0 Å². The van der Waals surface area contributed by atoms with Gasteiger partial charge in [-0.15, -0.1) is 11.3 Å². The predicted molar refractivity (Wildman–Crippen MR) is 94.2 cm³/mol. The highest BCUT2D eigenvalue weighted by atomic mass is 32.1. The van der Waals surface area contributed by atoms with E-state index >= 15 is 0 Å². The number of hydrogen-bond acceptors (Lipinski definition) is 8. The molecule has 2 heterocycles. The molecule has 0 bridgehead atoms. The third-order valence-electron chi connectivity index (χ3n) is 3.05. The third-order valence-corrected chi connectivity index (χ3v) is 3.81. The van der Waals surface area contributed by atoms with E-state index in [4.69, 9.17) is 20.0 Å². The number of nitrogens with zero attached hydrogens (tertiary/aromatic N) is 2. The minimum absolute atomic E-state index is 0.106. The summed E-state index contributed by atoms with van der Waals surface area (Å²) < 4.78 is 10.8. The fraction of sp³-hybridized carbons (Fsp3) is 0.0625. The lowest BCUT2D eigenvalue weighted by atomic mass is 10.2. The van der Waals surface area contributed by atoms with Crippen LogP contribution in [0.1, 0.15) is 21.9 Å². The summed E-state index contributed by atoms with van der Waals surface area (Å²) in [6.07, 6.45) is 1.59. The number of anilines is 2. The number of ether oxygens (including phenoxy) is 1.